The molecule has 0 aliphatic carbocycles. The number of aliphatic hydroxyl groups is 4. The molecular weight excluding hydrogens is 316 g/mol. The van der Waals surface area contributed by atoms with Crippen LogP contribution in [0.15, 0.2) is 12.1 Å². The summed E-state index contributed by atoms with van der Waals surface area (Å²) in [6, 6.07) is 1.61. The van der Waals surface area contributed by atoms with E-state index in [1.807, 2.05) is 0 Å². The molecule has 0 unspecified atom stereocenters. The first kappa shape index (κ1) is 17.2. The number of carbonyl (C=O) groups excluding carboxylic acids is 1. The van der Waals surface area contributed by atoms with Crippen molar-refractivity contribution >= 4 is 5.97 Å². The zero-order valence-electron chi connectivity index (χ0n) is 11.6. The number of aromatic hydroxyl groups is 3. The van der Waals surface area contributed by atoms with E-state index in [-0.39, 0.29) is 5.56 Å². The van der Waals surface area contributed by atoms with Gasteiger partial charge in [-0.05, 0) is 12.1 Å². The molecule has 23 heavy (non-hydrogen) atoms. The van der Waals surface area contributed by atoms with Gasteiger partial charge in [0.05, 0.1) is 12.2 Å². The average Bonchev–Trinajstić information content (AvgIpc) is 2.52. The van der Waals surface area contributed by atoms with E-state index in [4.69, 9.17) is 14.6 Å². The maximum absolute atomic E-state index is 11.9. The lowest BCUT2D eigenvalue weighted by molar-refractivity contribution is -0.285. The highest BCUT2D eigenvalue weighted by atomic mass is 16.7. The van der Waals surface area contributed by atoms with Gasteiger partial charge in [-0.2, -0.15) is 0 Å². The molecule has 7 N–H and O–H groups in total. The molecule has 10 heteroatoms. The second kappa shape index (κ2) is 6.56. The Morgan fingerprint density at radius 3 is 2.13 bits per heavy atom. The lowest BCUT2D eigenvalue weighted by Crippen LogP contribution is -2.59. The second-order valence-corrected chi connectivity index (χ2v) is 4.97. The molecule has 128 valence electrons. The molecule has 1 aromatic carbocycles. The molecule has 1 aliphatic heterocycles. The van der Waals surface area contributed by atoms with Gasteiger partial charge in [-0.25, -0.2) is 4.79 Å². The zero-order valence-corrected chi connectivity index (χ0v) is 11.6. The Labute approximate surface area is 129 Å². The fraction of sp³-hybridized carbons (Fsp3) is 0.462. The number of hydrogen-bond donors (Lipinski definition) is 7. The fourth-order valence-corrected chi connectivity index (χ4v) is 2.06. The van der Waals surface area contributed by atoms with Gasteiger partial charge in [0.1, 0.15) is 24.4 Å². The van der Waals surface area contributed by atoms with E-state index < -0.39 is 60.5 Å². The van der Waals surface area contributed by atoms with Crippen molar-refractivity contribution in [1.29, 1.82) is 0 Å². The Morgan fingerprint density at radius 1 is 1.04 bits per heavy atom. The molecule has 0 bridgehead atoms. The number of phenols is 3. The summed E-state index contributed by atoms with van der Waals surface area (Å²) < 4.78 is 9.77. The highest BCUT2D eigenvalue weighted by Gasteiger charge is 2.45. The van der Waals surface area contributed by atoms with Crippen LogP contribution in [0.25, 0.3) is 0 Å². The lowest BCUT2D eigenvalue weighted by Gasteiger charge is -2.39. The van der Waals surface area contributed by atoms with E-state index in [1.165, 1.54) is 0 Å². The number of ether oxygens (including phenoxy) is 2. The van der Waals surface area contributed by atoms with Gasteiger partial charge in [0, 0.05) is 0 Å². The molecule has 1 aliphatic rings. The summed E-state index contributed by atoms with van der Waals surface area (Å²) >= 11 is 0. The summed E-state index contributed by atoms with van der Waals surface area (Å²) in [6.07, 6.45) is -8.06. The molecule has 1 saturated heterocycles. The molecule has 0 amide bonds. The minimum atomic E-state index is -1.78. The fourth-order valence-electron chi connectivity index (χ4n) is 2.06. The molecule has 1 fully saturated rings. The number of phenolic OH excluding ortho intramolecular Hbond substituents is 3. The van der Waals surface area contributed by atoms with Crippen LogP contribution < -0.4 is 0 Å². The summed E-state index contributed by atoms with van der Waals surface area (Å²) in [6.45, 7) is -0.695. The summed E-state index contributed by atoms with van der Waals surface area (Å²) in [7, 11) is 0. The van der Waals surface area contributed by atoms with Gasteiger partial charge in [-0.15, -0.1) is 0 Å². The van der Waals surface area contributed by atoms with Crippen molar-refractivity contribution < 1.29 is 50.0 Å². The van der Waals surface area contributed by atoms with Crippen LogP contribution in [0.2, 0.25) is 0 Å². The lowest BCUT2D eigenvalue weighted by atomic mass is 9.99. The average molecular weight is 332 g/mol. The van der Waals surface area contributed by atoms with Crippen LogP contribution in [0.3, 0.4) is 0 Å². The van der Waals surface area contributed by atoms with Crippen molar-refractivity contribution in [3.05, 3.63) is 17.7 Å². The van der Waals surface area contributed by atoms with Crippen LogP contribution in [0.1, 0.15) is 10.4 Å². The normalized spacial score (nSPS) is 30.9. The monoisotopic (exact) mass is 332 g/mol. The topological polar surface area (TPSA) is 177 Å². The maximum atomic E-state index is 11.9. The quantitative estimate of drug-likeness (QED) is 0.236. The third kappa shape index (κ3) is 3.30. The number of rotatable bonds is 3. The Hall–Kier alpha value is -2.11. The Morgan fingerprint density at radius 2 is 1.61 bits per heavy atom. The van der Waals surface area contributed by atoms with Crippen LogP contribution in [0.4, 0.5) is 0 Å². The number of aliphatic hydroxyl groups excluding tert-OH is 4. The van der Waals surface area contributed by atoms with Crippen LogP contribution in [-0.2, 0) is 9.47 Å². The first-order valence-corrected chi connectivity index (χ1v) is 6.52. The van der Waals surface area contributed by atoms with Crippen molar-refractivity contribution in [2.24, 2.45) is 0 Å². The van der Waals surface area contributed by atoms with E-state index in [0.717, 1.165) is 12.1 Å². The Kier molecular flexibility index (Phi) is 4.92. The van der Waals surface area contributed by atoms with Crippen molar-refractivity contribution in [3.8, 4) is 17.2 Å². The molecule has 0 radical (unpaired) electrons. The van der Waals surface area contributed by atoms with E-state index in [0.29, 0.717) is 0 Å². The SMILES string of the molecule is O=C(O[C@@H]1O[C@H](CO)[C@@H](O)[C@H](O)[C@H]1O)c1cc(O)c(O)c(O)c1. The molecule has 0 saturated carbocycles. The molecule has 2 rings (SSSR count). The molecule has 1 heterocycles. The predicted molar refractivity (Wildman–Crippen MR) is 70.6 cm³/mol. The van der Waals surface area contributed by atoms with E-state index in [2.05, 4.69) is 0 Å². The standard InChI is InChI=1S/C13H16O10/c14-3-7-9(18)10(19)11(20)13(22-7)23-12(21)4-1-5(15)8(17)6(16)2-4/h1-2,7,9-11,13-20H,3H2/t7-,9-,10+,11-,13+/m1/s1. The molecule has 0 spiro atoms. The van der Waals surface area contributed by atoms with Crippen molar-refractivity contribution in [2.75, 3.05) is 6.61 Å². The predicted octanol–water partition coefficient (Wildman–Crippen LogP) is -2.24. The molecular formula is C13H16O10. The van der Waals surface area contributed by atoms with Crippen LogP contribution in [-0.4, -0.2) is 79.0 Å². The van der Waals surface area contributed by atoms with Crippen LogP contribution >= 0.6 is 0 Å². The highest BCUT2D eigenvalue weighted by Crippen LogP contribution is 2.35. The maximum Gasteiger partial charge on any atom is 0.340 e. The van der Waals surface area contributed by atoms with Gasteiger partial charge in [0.25, 0.3) is 0 Å². The smallest absolute Gasteiger partial charge is 0.340 e. The summed E-state index contributed by atoms with van der Waals surface area (Å²) in [5.41, 5.74) is -0.366. The molecule has 0 aromatic heterocycles. The Balaban J connectivity index is 2.16. The van der Waals surface area contributed by atoms with Gasteiger partial charge in [0.15, 0.2) is 17.2 Å². The van der Waals surface area contributed by atoms with Crippen LogP contribution in [0, 0.1) is 0 Å². The number of carbonyl (C=O) groups is 1. The first-order chi connectivity index (χ1) is 10.8. The van der Waals surface area contributed by atoms with E-state index in [1.54, 1.807) is 0 Å². The van der Waals surface area contributed by atoms with Gasteiger partial charge in [-0.3, -0.25) is 0 Å². The van der Waals surface area contributed by atoms with Gasteiger partial charge in [-0.1, -0.05) is 0 Å². The van der Waals surface area contributed by atoms with Gasteiger partial charge in [0.2, 0.25) is 6.29 Å². The summed E-state index contributed by atoms with van der Waals surface area (Å²) in [5.74, 6) is -3.52. The van der Waals surface area contributed by atoms with Gasteiger partial charge < -0.3 is 45.2 Å². The van der Waals surface area contributed by atoms with Crippen molar-refractivity contribution in [2.45, 2.75) is 30.7 Å². The van der Waals surface area contributed by atoms with Gasteiger partial charge >= 0.3 is 5.97 Å². The van der Waals surface area contributed by atoms with Crippen molar-refractivity contribution in [1.82, 2.24) is 0 Å². The number of benzene rings is 1. The summed E-state index contributed by atoms with van der Waals surface area (Å²) in [5, 5.41) is 65.8. The first-order valence-electron chi connectivity index (χ1n) is 6.52. The van der Waals surface area contributed by atoms with E-state index >= 15 is 0 Å². The van der Waals surface area contributed by atoms with Crippen LogP contribution in [0.5, 0.6) is 17.2 Å². The minimum Gasteiger partial charge on any atom is -0.504 e. The molecule has 10 nitrogen and oxygen atoms in total. The highest BCUT2D eigenvalue weighted by molar-refractivity contribution is 5.91. The second-order valence-electron chi connectivity index (χ2n) is 4.97. The third-order valence-electron chi connectivity index (χ3n) is 3.38. The zero-order chi connectivity index (χ0) is 17.3. The van der Waals surface area contributed by atoms with Crippen molar-refractivity contribution in [3.63, 3.8) is 0 Å². The van der Waals surface area contributed by atoms with E-state index in [9.17, 15) is 35.4 Å². The Bertz CT molecular complexity index is 563. The largest absolute Gasteiger partial charge is 0.504 e. The molecule has 5 atom stereocenters. The third-order valence-corrected chi connectivity index (χ3v) is 3.38. The number of esters is 1. The molecule has 1 aromatic rings. The summed E-state index contributed by atoms with van der Waals surface area (Å²) in [4.78, 5) is 11.9. The minimum absolute atomic E-state index is 0.366. The number of hydrogen-bond acceptors (Lipinski definition) is 10.